The van der Waals surface area contributed by atoms with Crippen molar-refractivity contribution in [1.29, 1.82) is 0 Å². The highest BCUT2D eigenvalue weighted by molar-refractivity contribution is 9.10. The third-order valence-corrected chi connectivity index (χ3v) is 5.30. The zero-order valence-corrected chi connectivity index (χ0v) is 13.6. The number of aromatic nitrogens is 1. The van der Waals surface area contributed by atoms with Gasteiger partial charge in [-0.2, -0.15) is 0 Å². The number of ketones is 1. The summed E-state index contributed by atoms with van der Waals surface area (Å²) in [6, 6.07) is 9.15. The molecule has 0 spiro atoms. The molecule has 0 radical (unpaired) electrons. The van der Waals surface area contributed by atoms with Gasteiger partial charge >= 0.3 is 5.97 Å². The van der Waals surface area contributed by atoms with E-state index in [1.54, 1.807) is 18.2 Å². The Morgan fingerprint density at radius 3 is 2.41 bits per heavy atom. The second-order valence-electron chi connectivity index (χ2n) is 4.48. The Labute approximate surface area is 135 Å². The van der Waals surface area contributed by atoms with E-state index in [4.69, 9.17) is 5.11 Å². The number of carboxylic acids is 1. The van der Waals surface area contributed by atoms with Crippen LogP contribution >= 0.6 is 15.9 Å². The Kier molecular flexibility index (Phi) is 4.82. The average molecular weight is 386 g/mol. The molecule has 0 aliphatic rings. The minimum absolute atomic E-state index is 0.102. The normalized spacial score (nSPS) is 12.8. The van der Waals surface area contributed by atoms with Crippen LogP contribution in [0.25, 0.3) is 0 Å². The van der Waals surface area contributed by atoms with Crippen molar-refractivity contribution < 1.29 is 23.1 Å². The van der Waals surface area contributed by atoms with Gasteiger partial charge < -0.3 is 5.11 Å². The molecular formula is C14H12BrNO5S. The van der Waals surface area contributed by atoms with Gasteiger partial charge in [-0.05, 0) is 18.2 Å². The van der Waals surface area contributed by atoms with Crippen molar-refractivity contribution in [3.63, 3.8) is 0 Å². The highest BCUT2D eigenvalue weighted by atomic mass is 79.9. The van der Waals surface area contributed by atoms with E-state index < -0.39 is 26.6 Å². The average Bonchev–Trinajstić information content (AvgIpc) is 2.97. The van der Waals surface area contributed by atoms with Gasteiger partial charge in [0.05, 0.1) is 16.1 Å². The van der Waals surface area contributed by atoms with Gasteiger partial charge in [-0.15, -0.1) is 0 Å². The summed E-state index contributed by atoms with van der Waals surface area (Å²) >= 11 is 3.00. The standard InChI is InChI=1S/C14H12BrNO5S/c15-12(8-13(17)18)14(19)10-6-7-16(9-10)22(20,21)11-4-2-1-3-5-11/h1-7,9,12H,8H2,(H,17,18). The molecule has 2 rings (SSSR count). The number of benzene rings is 1. The largest absolute Gasteiger partial charge is 0.481 e. The van der Waals surface area contributed by atoms with Crippen LogP contribution in [0.4, 0.5) is 0 Å². The van der Waals surface area contributed by atoms with Gasteiger partial charge in [-0.25, -0.2) is 12.4 Å². The topological polar surface area (TPSA) is 93.4 Å². The minimum Gasteiger partial charge on any atom is -0.481 e. The summed E-state index contributed by atoms with van der Waals surface area (Å²) in [7, 11) is -3.77. The van der Waals surface area contributed by atoms with Gasteiger partial charge in [0.25, 0.3) is 10.0 Å². The third kappa shape index (κ3) is 3.45. The lowest BCUT2D eigenvalue weighted by Gasteiger charge is -2.06. The summed E-state index contributed by atoms with van der Waals surface area (Å²) in [5, 5.41) is 8.68. The van der Waals surface area contributed by atoms with E-state index >= 15 is 0 Å². The van der Waals surface area contributed by atoms with E-state index in [0.717, 1.165) is 3.97 Å². The summed E-state index contributed by atoms with van der Waals surface area (Å²) in [5.41, 5.74) is 0.127. The summed E-state index contributed by atoms with van der Waals surface area (Å²) in [4.78, 5) is 21.9. The predicted octanol–water partition coefficient (Wildman–Crippen LogP) is 2.15. The Morgan fingerprint density at radius 1 is 1.18 bits per heavy atom. The summed E-state index contributed by atoms with van der Waals surface area (Å²) in [5.74, 6) is -1.60. The number of carbonyl (C=O) groups is 2. The maximum Gasteiger partial charge on any atom is 0.304 e. The Morgan fingerprint density at radius 2 is 1.82 bits per heavy atom. The molecule has 22 heavy (non-hydrogen) atoms. The molecule has 0 bridgehead atoms. The first kappa shape index (κ1) is 16.4. The van der Waals surface area contributed by atoms with Crippen molar-refractivity contribution >= 4 is 37.7 Å². The van der Waals surface area contributed by atoms with E-state index in [1.807, 2.05) is 0 Å². The lowest BCUT2D eigenvalue weighted by Crippen LogP contribution is -2.18. The zero-order valence-electron chi connectivity index (χ0n) is 11.2. The van der Waals surface area contributed by atoms with E-state index in [2.05, 4.69) is 15.9 Å². The monoisotopic (exact) mass is 385 g/mol. The number of hydrogen-bond acceptors (Lipinski definition) is 4. The lowest BCUT2D eigenvalue weighted by molar-refractivity contribution is -0.136. The number of hydrogen-bond donors (Lipinski definition) is 1. The Hall–Kier alpha value is -1.93. The molecule has 0 saturated heterocycles. The maximum atomic E-state index is 12.4. The van der Waals surface area contributed by atoms with Gasteiger partial charge in [0.15, 0.2) is 5.78 Å². The van der Waals surface area contributed by atoms with Crippen LogP contribution in [-0.2, 0) is 14.8 Å². The molecule has 1 aromatic carbocycles. The van der Waals surface area contributed by atoms with Crippen molar-refractivity contribution in [2.75, 3.05) is 0 Å². The fourth-order valence-corrected chi connectivity index (χ4v) is 3.57. The molecule has 1 atom stereocenters. The molecule has 0 amide bonds. The summed E-state index contributed by atoms with van der Waals surface area (Å²) in [6.07, 6.45) is 2.06. The van der Waals surface area contributed by atoms with Gasteiger partial charge in [0.1, 0.15) is 0 Å². The highest BCUT2D eigenvalue weighted by Crippen LogP contribution is 2.18. The number of halogens is 1. The second kappa shape index (κ2) is 6.45. The molecule has 0 aliphatic carbocycles. The first-order valence-electron chi connectivity index (χ1n) is 6.21. The number of rotatable bonds is 6. The van der Waals surface area contributed by atoms with Crippen molar-refractivity contribution in [3.05, 3.63) is 54.4 Å². The van der Waals surface area contributed by atoms with Crippen LogP contribution in [0.3, 0.4) is 0 Å². The molecule has 6 nitrogen and oxygen atoms in total. The maximum absolute atomic E-state index is 12.4. The van der Waals surface area contributed by atoms with E-state index in [9.17, 15) is 18.0 Å². The van der Waals surface area contributed by atoms with Crippen LogP contribution < -0.4 is 0 Å². The summed E-state index contributed by atoms with van der Waals surface area (Å²) in [6.45, 7) is 0. The van der Waals surface area contributed by atoms with Crippen LogP contribution in [0.1, 0.15) is 16.8 Å². The summed E-state index contributed by atoms with van der Waals surface area (Å²) < 4.78 is 25.7. The molecule has 1 aromatic heterocycles. The molecule has 0 aliphatic heterocycles. The number of aliphatic carboxylic acids is 1. The van der Waals surface area contributed by atoms with Gasteiger partial charge in [0, 0.05) is 18.0 Å². The van der Waals surface area contributed by atoms with Crippen molar-refractivity contribution in [2.45, 2.75) is 16.1 Å². The zero-order chi connectivity index (χ0) is 16.3. The fraction of sp³-hybridized carbons (Fsp3) is 0.143. The molecule has 2 aromatic rings. The smallest absolute Gasteiger partial charge is 0.304 e. The quantitative estimate of drug-likeness (QED) is 0.607. The van der Waals surface area contributed by atoms with Crippen LogP contribution in [-0.4, -0.2) is 34.1 Å². The van der Waals surface area contributed by atoms with Gasteiger partial charge in [-0.1, -0.05) is 34.1 Å². The first-order valence-corrected chi connectivity index (χ1v) is 8.56. The molecule has 1 heterocycles. The predicted molar refractivity (Wildman–Crippen MR) is 82.8 cm³/mol. The number of nitrogens with zero attached hydrogens (tertiary/aromatic N) is 1. The van der Waals surface area contributed by atoms with Crippen LogP contribution in [0.15, 0.2) is 53.7 Å². The lowest BCUT2D eigenvalue weighted by atomic mass is 10.1. The van der Waals surface area contributed by atoms with Gasteiger partial charge in [0.2, 0.25) is 0 Å². The van der Waals surface area contributed by atoms with Crippen LogP contribution in [0, 0.1) is 0 Å². The molecule has 0 fully saturated rings. The highest BCUT2D eigenvalue weighted by Gasteiger charge is 2.23. The molecular weight excluding hydrogens is 374 g/mol. The van der Waals surface area contributed by atoms with Crippen LogP contribution in [0.5, 0.6) is 0 Å². The first-order chi connectivity index (χ1) is 10.3. The molecule has 1 unspecified atom stereocenters. The van der Waals surface area contributed by atoms with Gasteiger partial charge in [-0.3, -0.25) is 9.59 Å². The molecule has 116 valence electrons. The van der Waals surface area contributed by atoms with Crippen LogP contribution in [0.2, 0.25) is 0 Å². The number of Topliss-reactive ketones (excluding diaryl/α,β-unsaturated/α-hetero) is 1. The van der Waals surface area contributed by atoms with Crippen molar-refractivity contribution in [3.8, 4) is 0 Å². The van der Waals surface area contributed by atoms with Crippen molar-refractivity contribution in [2.24, 2.45) is 0 Å². The van der Waals surface area contributed by atoms with E-state index in [1.165, 1.54) is 30.6 Å². The Balaban J connectivity index is 2.29. The second-order valence-corrected chi connectivity index (χ2v) is 7.43. The fourth-order valence-electron chi connectivity index (χ4n) is 1.81. The molecule has 8 heteroatoms. The third-order valence-electron chi connectivity index (χ3n) is 2.91. The SMILES string of the molecule is O=C(O)CC(Br)C(=O)c1ccn(S(=O)(=O)c2ccccc2)c1. The Bertz CT molecular complexity index is 798. The number of carbonyl (C=O) groups excluding carboxylic acids is 1. The minimum atomic E-state index is -3.77. The van der Waals surface area contributed by atoms with E-state index in [-0.39, 0.29) is 16.9 Å². The molecule has 0 saturated carbocycles. The van der Waals surface area contributed by atoms with Crippen molar-refractivity contribution in [1.82, 2.24) is 3.97 Å². The molecule has 1 N–H and O–H groups in total. The van der Waals surface area contributed by atoms with E-state index in [0.29, 0.717) is 0 Å². The number of carboxylic acid groups (broad SMARTS) is 1. The number of alkyl halides is 1.